The maximum Gasteiger partial charge on any atom is 0.0914 e. The van der Waals surface area contributed by atoms with E-state index in [0.29, 0.717) is 12.5 Å². The fourth-order valence-electron chi connectivity index (χ4n) is 2.04. The van der Waals surface area contributed by atoms with E-state index < -0.39 is 6.10 Å². The summed E-state index contributed by atoms with van der Waals surface area (Å²) in [5.74, 6) is 0.605. The fourth-order valence-corrected chi connectivity index (χ4v) is 2.04. The second-order valence-electron chi connectivity index (χ2n) is 5.17. The zero-order valence-electron chi connectivity index (χ0n) is 11.1. The molecule has 2 nitrogen and oxygen atoms in total. The van der Waals surface area contributed by atoms with Crippen molar-refractivity contribution in [2.24, 2.45) is 5.92 Å². The van der Waals surface area contributed by atoms with E-state index in [9.17, 15) is 5.11 Å². The van der Waals surface area contributed by atoms with Gasteiger partial charge in [0.15, 0.2) is 0 Å². The first-order chi connectivity index (χ1) is 8.66. The van der Waals surface area contributed by atoms with E-state index in [1.807, 2.05) is 18.2 Å². The Morgan fingerprint density at radius 3 is 2.44 bits per heavy atom. The normalized spacial score (nSPS) is 13.1. The lowest BCUT2D eigenvalue weighted by Gasteiger charge is -2.14. The van der Waals surface area contributed by atoms with Crippen molar-refractivity contribution in [3.8, 4) is 0 Å². The van der Waals surface area contributed by atoms with Crippen LogP contribution in [0.5, 0.6) is 0 Å². The molecule has 0 aliphatic carbocycles. The van der Waals surface area contributed by atoms with Crippen molar-refractivity contribution < 1.29 is 5.11 Å². The molecule has 2 aromatic carbocycles. The number of hydrogen-bond donors (Lipinski definition) is 2. The molecule has 0 saturated carbocycles. The van der Waals surface area contributed by atoms with Crippen LogP contribution in [0.3, 0.4) is 0 Å². The fraction of sp³-hybridized carbons (Fsp3) is 0.375. The molecule has 2 heteroatoms. The van der Waals surface area contributed by atoms with Gasteiger partial charge in [0.2, 0.25) is 0 Å². The summed E-state index contributed by atoms with van der Waals surface area (Å²) < 4.78 is 0. The lowest BCUT2D eigenvalue weighted by atomic mass is 10.0. The molecular formula is C16H21NO. The summed E-state index contributed by atoms with van der Waals surface area (Å²) in [5, 5.41) is 15.8. The van der Waals surface area contributed by atoms with Crippen molar-refractivity contribution in [1.29, 1.82) is 0 Å². The number of benzene rings is 2. The lowest BCUT2D eigenvalue weighted by Crippen LogP contribution is -2.25. The highest BCUT2D eigenvalue weighted by atomic mass is 16.3. The van der Waals surface area contributed by atoms with Crippen molar-refractivity contribution in [1.82, 2.24) is 5.32 Å². The third kappa shape index (κ3) is 3.31. The molecule has 0 bridgehead atoms. The summed E-state index contributed by atoms with van der Waals surface area (Å²) in [6, 6.07) is 14.4. The molecule has 1 unspecified atom stereocenters. The Morgan fingerprint density at radius 1 is 1.00 bits per heavy atom. The topological polar surface area (TPSA) is 32.3 Å². The predicted octanol–water partition coefficient (Wildman–Crippen LogP) is 3.12. The van der Waals surface area contributed by atoms with E-state index in [-0.39, 0.29) is 0 Å². The van der Waals surface area contributed by atoms with Crippen molar-refractivity contribution in [2.75, 3.05) is 13.1 Å². The summed E-state index contributed by atoms with van der Waals surface area (Å²) in [5.41, 5.74) is 0.977. The first-order valence-electron chi connectivity index (χ1n) is 6.54. The minimum absolute atomic E-state index is 0.437. The number of nitrogens with one attached hydrogen (secondary N) is 1. The van der Waals surface area contributed by atoms with Gasteiger partial charge in [0, 0.05) is 6.54 Å². The first kappa shape index (κ1) is 13.1. The minimum Gasteiger partial charge on any atom is -0.387 e. The van der Waals surface area contributed by atoms with Crippen molar-refractivity contribution in [2.45, 2.75) is 20.0 Å². The maximum atomic E-state index is 10.1. The number of aliphatic hydroxyl groups excluding tert-OH is 1. The number of fused-ring (bicyclic) bond motifs is 1. The summed E-state index contributed by atoms with van der Waals surface area (Å²) >= 11 is 0. The Hall–Kier alpha value is -1.38. The molecule has 1 atom stereocenters. The number of hydrogen-bond acceptors (Lipinski definition) is 2. The van der Waals surface area contributed by atoms with Crippen LogP contribution in [0.25, 0.3) is 10.8 Å². The zero-order chi connectivity index (χ0) is 13.0. The molecule has 0 heterocycles. The van der Waals surface area contributed by atoms with E-state index >= 15 is 0 Å². The van der Waals surface area contributed by atoms with Crippen LogP contribution in [0, 0.1) is 5.92 Å². The van der Waals surface area contributed by atoms with Crippen LogP contribution in [0.2, 0.25) is 0 Å². The third-order valence-electron chi connectivity index (χ3n) is 3.05. The van der Waals surface area contributed by atoms with E-state index in [1.54, 1.807) is 0 Å². The van der Waals surface area contributed by atoms with E-state index in [1.165, 1.54) is 10.8 Å². The molecule has 2 aromatic rings. The van der Waals surface area contributed by atoms with E-state index in [4.69, 9.17) is 0 Å². The van der Waals surface area contributed by atoms with Crippen molar-refractivity contribution >= 4 is 10.8 Å². The monoisotopic (exact) mass is 243 g/mol. The van der Waals surface area contributed by atoms with E-state index in [2.05, 4.69) is 43.4 Å². The van der Waals surface area contributed by atoms with Gasteiger partial charge in [-0.15, -0.1) is 0 Å². The molecule has 0 saturated heterocycles. The van der Waals surface area contributed by atoms with Crippen LogP contribution in [0.4, 0.5) is 0 Å². The molecule has 0 amide bonds. The van der Waals surface area contributed by atoms with Gasteiger partial charge in [-0.05, 0) is 34.9 Å². The van der Waals surface area contributed by atoms with Crippen LogP contribution >= 0.6 is 0 Å². The summed E-state index contributed by atoms with van der Waals surface area (Å²) in [6.45, 7) is 5.87. The van der Waals surface area contributed by atoms with Crippen molar-refractivity contribution in [3.05, 3.63) is 48.0 Å². The zero-order valence-corrected chi connectivity index (χ0v) is 11.1. The largest absolute Gasteiger partial charge is 0.387 e. The van der Waals surface area contributed by atoms with Gasteiger partial charge < -0.3 is 10.4 Å². The Labute approximate surface area is 109 Å². The molecule has 0 fully saturated rings. The van der Waals surface area contributed by atoms with Gasteiger partial charge in [-0.1, -0.05) is 50.2 Å². The second-order valence-corrected chi connectivity index (χ2v) is 5.17. The Morgan fingerprint density at radius 2 is 1.72 bits per heavy atom. The Kier molecular flexibility index (Phi) is 4.34. The average Bonchev–Trinajstić information content (AvgIpc) is 2.37. The van der Waals surface area contributed by atoms with Gasteiger partial charge in [-0.25, -0.2) is 0 Å². The summed E-state index contributed by atoms with van der Waals surface area (Å²) in [7, 11) is 0. The smallest absolute Gasteiger partial charge is 0.0914 e. The van der Waals surface area contributed by atoms with Crippen LogP contribution < -0.4 is 5.32 Å². The van der Waals surface area contributed by atoms with Gasteiger partial charge in [0.25, 0.3) is 0 Å². The van der Waals surface area contributed by atoms with Gasteiger partial charge >= 0.3 is 0 Å². The molecule has 96 valence electrons. The lowest BCUT2D eigenvalue weighted by molar-refractivity contribution is 0.173. The van der Waals surface area contributed by atoms with Gasteiger partial charge in [-0.3, -0.25) is 0 Å². The third-order valence-corrected chi connectivity index (χ3v) is 3.05. The maximum absolute atomic E-state index is 10.1. The average molecular weight is 243 g/mol. The molecule has 0 radical (unpaired) electrons. The molecule has 0 aromatic heterocycles. The summed E-state index contributed by atoms with van der Waals surface area (Å²) in [6.07, 6.45) is -0.437. The molecular weight excluding hydrogens is 222 g/mol. The standard InChI is InChI=1S/C16H21NO/c1-12(2)10-17-11-16(18)15-8-7-13-5-3-4-6-14(13)9-15/h3-9,12,16-18H,10-11H2,1-2H3. The van der Waals surface area contributed by atoms with Crippen molar-refractivity contribution in [3.63, 3.8) is 0 Å². The van der Waals surface area contributed by atoms with Gasteiger partial charge in [0.1, 0.15) is 0 Å². The number of rotatable bonds is 5. The Balaban J connectivity index is 2.06. The first-order valence-corrected chi connectivity index (χ1v) is 6.54. The molecule has 18 heavy (non-hydrogen) atoms. The van der Waals surface area contributed by atoms with Gasteiger partial charge in [0.05, 0.1) is 6.10 Å². The Bertz CT molecular complexity index is 507. The predicted molar refractivity (Wildman–Crippen MR) is 76.6 cm³/mol. The van der Waals surface area contributed by atoms with Crippen LogP contribution in [-0.4, -0.2) is 18.2 Å². The highest BCUT2D eigenvalue weighted by molar-refractivity contribution is 5.83. The highest BCUT2D eigenvalue weighted by Crippen LogP contribution is 2.20. The summed E-state index contributed by atoms with van der Waals surface area (Å²) in [4.78, 5) is 0. The highest BCUT2D eigenvalue weighted by Gasteiger charge is 2.07. The van der Waals surface area contributed by atoms with E-state index in [0.717, 1.165) is 12.1 Å². The van der Waals surface area contributed by atoms with Crippen LogP contribution in [0.1, 0.15) is 25.5 Å². The van der Waals surface area contributed by atoms with Crippen LogP contribution in [-0.2, 0) is 0 Å². The second kappa shape index (κ2) is 5.98. The molecule has 2 rings (SSSR count). The quantitative estimate of drug-likeness (QED) is 0.845. The molecule has 0 aliphatic rings. The SMILES string of the molecule is CC(C)CNCC(O)c1ccc2ccccc2c1. The van der Waals surface area contributed by atoms with Gasteiger partial charge in [-0.2, -0.15) is 0 Å². The molecule has 2 N–H and O–H groups in total. The minimum atomic E-state index is -0.437. The molecule has 0 spiro atoms. The number of aliphatic hydroxyl groups is 1. The van der Waals surface area contributed by atoms with Crippen LogP contribution in [0.15, 0.2) is 42.5 Å². The molecule has 0 aliphatic heterocycles.